The van der Waals surface area contributed by atoms with Crippen LogP contribution in [-0.4, -0.2) is 10.8 Å². The Balaban J connectivity index is 2.47. The third kappa shape index (κ3) is 2.61. The average molecular weight is 290 g/mol. The maximum Gasteiger partial charge on any atom is 0.193 e. The zero-order chi connectivity index (χ0) is 12.4. The average Bonchev–Trinajstić information content (AvgIpc) is 2.31. The molecule has 0 unspecified atom stereocenters. The number of halogens is 1. The van der Waals surface area contributed by atoms with Crippen LogP contribution in [0.1, 0.15) is 27.0 Å². The number of ketones is 1. The highest BCUT2D eigenvalue weighted by molar-refractivity contribution is 9.10. The van der Waals surface area contributed by atoms with Crippen molar-refractivity contribution in [3.63, 3.8) is 0 Å². The maximum atomic E-state index is 12.3. The molecule has 0 amide bonds. The van der Waals surface area contributed by atoms with Crippen LogP contribution < -0.4 is 0 Å². The lowest BCUT2D eigenvalue weighted by Gasteiger charge is -2.06. The molecule has 0 spiro atoms. The molecule has 1 heterocycles. The fourth-order valence-electron chi connectivity index (χ4n) is 1.68. The van der Waals surface area contributed by atoms with Crippen molar-refractivity contribution < 1.29 is 4.79 Å². The normalized spacial score (nSPS) is 10.3. The first kappa shape index (κ1) is 12.0. The van der Waals surface area contributed by atoms with Gasteiger partial charge in [-0.25, -0.2) is 4.98 Å². The number of aryl methyl sites for hydroxylation is 2. The van der Waals surface area contributed by atoms with Crippen LogP contribution in [0.4, 0.5) is 0 Å². The van der Waals surface area contributed by atoms with E-state index in [1.807, 2.05) is 32.0 Å². The third-order valence-corrected chi connectivity index (χ3v) is 3.06. The number of carbonyl (C=O) groups excluding carboxylic acids is 1. The van der Waals surface area contributed by atoms with Gasteiger partial charge in [-0.3, -0.25) is 4.79 Å². The molecule has 0 N–H and O–H groups in total. The molecule has 17 heavy (non-hydrogen) atoms. The van der Waals surface area contributed by atoms with Crippen molar-refractivity contribution in [1.29, 1.82) is 0 Å². The van der Waals surface area contributed by atoms with Crippen molar-refractivity contribution in [2.75, 3.05) is 0 Å². The molecule has 0 saturated carbocycles. The van der Waals surface area contributed by atoms with Crippen molar-refractivity contribution in [3.8, 4) is 0 Å². The molecule has 0 aliphatic rings. The first-order valence-electron chi connectivity index (χ1n) is 5.31. The van der Waals surface area contributed by atoms with Crippen LogP contribution in [0.3, 0.4) is 0 Å². The fraction of sp³-hybridized carbons (Fsp3) is 0.143. The van der Waals surface area contributed by atoms with E-state index in [4.69, 9.17) is 0 Å². The summed E-state index contributed by atoms with van der Waals surface area (Å²) in [4.78, 5) is 16.3. The second-order valence-electron chi connectivity index (χ2n) is 4.01. The number of carbonyl (C=O) groups is 1. The summed E-state index contributed by atoms with van der Waals surface area (Å²) in [7, 11) is 0. The van der Waals surface area contributed by atoms with E-state index in [0.29, 0.717) is 10.2 Å². The van der Waals surface area contributed by atoms with Crippen LogP contribution in [-0.2, 0) is 0 Å². The van der Waals surface area contributed by atoms with Gasteiger partial charge in [0, 0.05) is 17.3 Å². The Bertz CT molecular complexity index is 578. The Morgan fingerprint density at radius 1 is 1.18 bits per heavy atom. The summed E-state index contributed by atoms with van der Waals surface area (Å²) in [5.74, 6) is 0.0364. The van der Waals surface area contributed by atoms with E-state index in [9.17, 15) is 4.79 Å². The molecule has 0 radical (unpaired) electrons. The predicted octanol–water partition coefficient (Wildman–Crippen LogP) is 3.69. The molecule has 0 aliphatic carbocycles. The minimum Gasteiger partial charge on any atom is -0.289 e. The van der Waals surface area contributed by atoms with Crippen LogP contribution >= 0.6 is 15.9 Å². The molecule has 1 aromatic heterocycles. The minimum atomic E-state index is 0.0364. The Morgan fingerprint density at radius 2 is 1.94 bits per heavy atom. The van der Waals surface area contributed by atoms with Gasteiger partial charge in [0.15, 0.2) is 5.78 Å². The van der Waals surface area contributed by atoms with Gasteiger partial charge in [-0.15, -0.1) is 0 Å². The molecule has 0 fully saturated rings. The van der Waals surface area contributed by atoms with Gasteiger partial charge in [-0.05, 0) is 53.5 Å². The Labute approximate surface area is 109 Å². The van der Waals surface area contributed by atoms with E-state index in [0.717, 1.165) is 16.7 Å². The topological polar surface area (TPSA) is 30.0 Å². The highest BCUT2D eigenvalue weighted by Gasteiger charge is 2.12. The van der Waals surface area contributed by atoms with Gasteiger partial charge in [-0.1, -0.05) is 17.7 Å². The Kier molecular flexibility index (Phi) is 3.38. The fourth-order valence-corrected chi connectivity index (χ4v) is 2.04. The second kappa shape index (κ2) is 4.80. The number of hydrogen-bond donors (Lipinski definition) is 0. The second-order valence-corrected chi connectivity index (χ2v) is 4.83. The smallest absolute Gasteiger partial charge is 0.193 e. The lowest BCUT2D eigenvalue weighted by atomic mass is 9.98. The molecule has 0 saturated heterocycles. The van der Waals surface area contributed by atoms with Crippen molar-refractivity contribution in [3.05, 3.63) is 63.4 Å². The van der Waals surface area contributed by atoms with Crippen LogP contribution in [0.2, 0.25) is 0 Å². The van der Waals surface area contributed by atoms with Gasteiger partial charge >= 0.3 is 0 Å². The number of pyridine rings is 1. The quantitative estimate of drug-likeness (QED) is 0.623. The number of nitrogens with zero attached hydrogens (tertiary/aromatic N) is 1. The zero-order valence-electron chi connectivity index (χ0n) is 9.70. The Morgan fingerprint density at radius 3 is 2.65 bits per heavy atom. The van der Waals surface area contributed by atoms with Crippen molar-refractivity contribution in [2.45, 2.75) is 13.8 Å². The molecule has 3 heteroatoms. The van der Waals surface area contributed by atoms with Crippen molar-refractivity contribution >= 4 is 21.7 Å². The lowest BCUT2D eigenvalue weighted by Crippen LogP contribution is -2.04. The molecular formula is C14H12BrNO. The van der Waals surface area contributed by atoms with E-state index in [-0.39, 0.29) is 5.78 Å². The first-order chi connectivity index (χ1) is 8.08. The molecule has 1 aromatic carbocycles. The summed E-state index contributed by atoms with van der Waals surface area (Å²) >= 11 is 3.27. The van der Waals surface area contributed by atoms with E-state index in [2.05, 4.69) is 20.9 Å². The van der Waals surface area contributed by atoms with Gasteiger partial charge in [0.1, 0.15) is 4.60 Å². The third-order valence-electron chi connectivity index (χ3n) is 2.63. The summed E-state index contributed by atoms with van der Waals surface area (Å²) in [6.07, 6.45) is 1.63. The van der Waals surface area contributed by atoms with Gasteiger partial charge in [0.2, 0.25) is 0 Å². The predicted molar refractivity (Wildman–Crippen MR) is 71.3 cm³/mol. The van der Waals surface area contributed by atoms with E-state index >= 15 is 0 Å². The zero-order valence-corrected chi connectivity index (χ0v) is 11.3. The summed E-state index contributed by atoms with van der Waals surface area (Å²) in [5, 5.41) is 0. The molecule has 2 nitrogen and oxygen atoms in total. The van der Waals surface area contributed by atoms with Crippen LogP contribution in [0.15, 0.2) is 41.1 Å². The summed E-state index contributed by atoms with van der Waals surface area (Å²) < 4.78 is 0.675. The first-order valence-corrected chi connectivity index (χ1v) is 6.11. The number of hydrogen-bond acceptors (Lipinski definition) is 2. The standard InChI is InChI=1S/C14H12BrNO/c1-9-3-4-10(2)12(7-9)14(17)11-5-6-16-13(15)8-11/h3-8H,1-2H3. The molecule has 0 atom stereocenters. The van der Waals surface area contributed by atoms with E-state index < -0.39 is 0 Å². The molecular weight excluding hydrogens is 278 g/mol. The van der Waals surface area contributed by atoms with Crippen LogP contribution in [0.5, 0.6) is 0 Å². The number of rotatable bonds is 2. The monoisotopic (exact) mass is 289 g/mol. The maximum absolute atomic E-state index is 12.3. The van der Waals surface area contributed by atoms with Gasteiger partial charge < -0.3 is 0 Å². The molecule has 0 bridgehead atoms. The largest absolute Gasteiger partial charge is 0.289 e. The van der Waals surface area contributed by atoms with Gasteiger partial charge in [-0.2, -0.15) is 0 Å². The van der Waals surface area contributed by atoms with E-state index in [1.54, 1.807) is 18.3 Å². The minimum absolute atomic E-state index is 0.0364. The molecule has 2 rings (SSSR count). The lowest BCUT2D eigenvalue weighted by molar-refractivity contribution is 0.103. The molecule has 86 valence electrons. The summed E-state index contributed by atoms with van der Waals surface area (Å²) in [6.45, 7) is 3.93. The SMILES string of the molecule is Cc1ccc(C)c(C(=O)c2ccnc(Br)c2)c1. The number of benzene rings is 1. The summed E-state index contributed by atoms with van der Waals surface area (Å²) in [6, 6.07) is 9.37. The van der Waals surface area contributed by atoms with Gasteiger partial charge in [0.05, 0.1) is 0 Å². The van der Waals surface area contributed by atoms with Crippen LogP contribution in [0.25, 0.3) is 0 Å². The van der Waals surface area contributed by atoms with E-state index in [1.165, 1.54) is 0 Å². The summed E-state index contributed by atoms with van der Waals surface area (Å²) in [5.41, 5.74) is 3.49. The van der Waals surface area contributed by atoms with Gasteiger partial charge in [0.25, 0.3) is 0 Å². The highest BCUT2D eigenvalue weighted by Crippen LogP contribution is 2.17. The number of aromatic nitrogens is 1. The van der Waals surface area contributed by atoms with Crippen molar-refractivity contribution in [2.24, 2.45) is 0 Å². The van der Waals surface area contributed by atoms with Crippen LogP contribution in [0, 0.1) is 13.8 Å². The highest BCUT2D eigenvalue weighted by atomic mass is 79.9. The Hall–Kier alpha value is -1.48. The van der Waals surface area contributed by atoms with Crippen molar-refractivity contribution in [1.82, 2.24) is 4.98 Å². The molecule has 0 aliphatic heterocycles. The molecule has 2 aromatic rings.